The molecule has 2 rings (SSSR count). The topological polar surface area (TPSA) is 71.3 Å². The van der Waals surface area contributed by atoms with Crippen molar-refractivity contribution in [2.75, 3.05) is 13.7 Å². The van der Waals surface area contributed by atoms with E-state index in [1.165, 1.54) is 25.3 Å². The van der Waals surface area contributed by atoms with E-state index in [9.17, 15) is 9.18 Å². The molecule has 0 bridgehead atoms. The Morgan fingerprint density at radius 3 is 2.61 bits per heavy atom. The van der Waals surface area contributed by atoms with Crippen LogP contribution in [0, 0.1) is 17.1 Å². The molecule has 5 nitrogen and oxygen atoms in total. The van der Waals surface area contributed by atoms with Crippen LogP contribution in [0.3, 0.4) is 0 Å². The lowest BCUT2D eigenvalue weighted by atomic mass is 10.2. The Kier molecular flexibility index (Phi) is 5.53. The highest BCUT2D eigenvalue weighted by molar-refractivity contribution is 5.77. The van der Waals surface area contributed by atoms with Gasteiger partial charge in [-0.25, -0.2) is 4.39 Å². The lowest BCUT2D eigenvalue weighted by molar-refractivity contribution is -0.123. The van der Waals surface area contributed by atoms with Gasteiger partial charge in [0.05, 0.1) is 18.7 Å². The van der Waals surface area contributed by atoms with Crippen LogP contribution in [0.2, 0.25) is 0 Å². The predicted octanol–water partition coefficient (Wildman–Crippen LogP) is 2.40. The highest BCUT2D eigenvalue weighted by Gasteiger charge is 2.08. The summed E-state index contributed by atoms with van der Waals surface area (Å²) in [5.74, 6) is 0.121. The molecule has 1 amide bonds. The maximum absolute atomic E-state index is 12.8. The normalized spacial score (nSPS) is 9.78. The van der Waals surface area contributed by atoms with Crippen LogP contribution in [0.25, 0.3) is 0 Å². The van der Waals surface area contributed by atoms with Crippen molar-refractivity contribution in [1.29, 1.82) is 5.26 Å². The van der Waals surface area contributed by atoms with Crippen LogP contribution >= 0.6 is 0 Å². The quantitative estimate of drug-likeness (QED) is 0.889. The van der Waals surface area contributed by atoms with E-state index in [4.69, 9.17) is 14.7 Å². The summed E-state index contributed by atoms with van der Waals surface area (Å²) in [5, 5.41) is 11.5. The van der Waals surface area contributed by atoms with Gasteiger partial charge in [-0.1, -0.05) is 12.1 Å². The monoisotopic (exact) mass is 314 g/mol. The lowest BCUT2D eigenvalue weighted by Gasteiger charge is -2.11. The maximum atomic E-state index is 12.8. The molecule has 6 heteroatoms. The number of nitriles is 1. The summed E-state index contributed by atoms with van der Waals surface area (Å²) in [5.41, 5.74) is 1.23. The van der Waals surface area contributed by atoms with Crippen molar-refractivity contribution < 1.29 is 18.7 Å². The number of halogens is 1. The van der Waals surface area contributed by atoms with Crippen LogP contribution in [0.4, 0.5) is 4.39 Å². The third kappa shape index (κ3) is 4.71. The van der Waals surface area contributed by atoms with Crippen molar-refractivity contribution >= 4 is 5.91 Å². The van der Waals surface area contributed by atoms with Crippen LogP contribution in [0.1, 0.15) is 11.1 Å². The first-order valence-electron chi connectivity index (χ1n) is 6.84. The van der Waals surface area contributed by atoms with E-state index in [-0.39, 0.29) is 24.9 Å². The number of amides is 1. The van der Waals surface area contributed by atoms with Crippen molar-refractivity contribution in [2.24, 2.45) is 0 Å². The average Bonchev–Trinajstić information content (AvgIpc) is 2.59. The molecule has 0 aliphatic heterocycles. The van der Waals surface area contributed by atoms with Crippen LogP contribution in [-0.2, 0) is 11.3 Å². The van der Waals surface area contributed by atoms with E-state index in [0.717, 1.165) is 5.56 Å². The van der Waals surface area contributed by atoms with Gasteiger partial charge < -0.3 is 14.8 Å². The molecule has 0 aliphatic rings. The molecule has 1 N–H and O–H groups in total. The molecule has 0 saturated carbocycles. The zero-order valence-corrected chi connectivity index (χ0v) is 12.5. The van der Waals surface area contributed by atoms with Gasteiger partial charge in [0, 0.05) is 12.6 Å². The lowest BCUT2D eigenvalue weighted by Crippen LogP contribution is -2.28. The van der Waals surface area contributed by atoms with E-state index in [0.29, 0.717) is 17.1 Å². The second kappa shape index (κ2) is 7.80. The standard InChI is InChI=1S/C17H15FN2O3/c1-22-16-8-13(9-19)4-7-15(16)23-11-17(21)20-10-12-2-5-14(18)6-3-12/h2-8H,10-11H2,1H3,(H,20,21). The Balaban J connectivity index is 1.87. The number of rotatable bonds is 6. The van der Waals surface area contributed by atoms with Crippen molar-refractivity contribution in [1.82, 2.24) is 5.32 Å². The fourth-order valence-corrected chi connectivity index (χ4v) is 1.85. The van der Waals surface area contributed by atoms with Crippen LogP contribution < -0.4 is 14.8 Å². The minimum absolute atomic E-state index is 0.191. The number of carbonyl (C=O) groups is 1. The predicted molar refractivity (Wildman–Crippen MR) is 81.5 cm³/mol. The van der Waals surface area contributed by atoms with Crippen molar-refractivity contribution in [3.63, 3.8) is 0 Å². The smallest absolute Gasteiger partial charge is 0.258 e. The zero-order valence-electron chi connectivity index (χ0n) is 12.5. The number of nitrogens with zero attached hydrogens (tertiary/aromatic N) is 1. The van der Waals surface area contributed by atoms with Crippen LogP contribution in [0.15, 0.2) is 42.5 Å². The number of hydrogen-bond acceptors (Lipinski definition) is 4. The van der Waals surface area contributed by atoms with Crippen molar-refractivity contribution in [3.05, 3.63) is 59.4 Å². The van der Waals surface area contributed by atoms with Gasteiger partial charge in [-0.3, -0.25) is 4.79 Å². The van der Waals surface area contributed by atoms with Gasteiger partial charge in [0.15, 0.2) is 18.1 Å². The van der Waals surface area contributed by atoms with Gasteiger partial charge in [0.25, 0.3) is 5.91 Å². The number of nitrogens with one attached hydrogen (secondary N) is 1. The highest BCUT2D eigenvalue weighted by atomic mass is 19.1. The fraction of sp³-hybridized carbons (Fsp3) is 0.176. The summed E-state index contributed by atoms with van der Waals surface area (Å²) in [6, 6.07) is 12.5. The van der Waals surface area contributed by atoms with Gasteiger partial charge in [0.1, 0.15) is 5.82 Å². The number of hydrogen-bond donors (Lipinski definition) is 1. The van der Waals surface area contributed by atoms with Crippen LogP contribution in [-0.4, -0.2) is 19.6 Å². The largest absolute Gasteiger partial charge is 0.493 e. The molecule has 0 spiro atoms. The van der Waals surface area contributed by atoms with Crippen molar-refractivity contribution in [2.45, 2.75) is 6.54 Å². The molecular weight excluding hydrogens is 299 g/mol. The summed E-state index contributed by atoms with van der Waals surface area (Å²) in [6.45, 7) is 0.0937. The number of methoxy groups -OCH3 is 1. The second-order valence-electron chi connectivity index (χ2n) is 4.67. The zero-order chi connectivity index (χ0) is 16.7. The summed E-state index contributed by atoms with van der Waals surface area (Å²) < 4.78 is 23.3. The molecule has 2 aromatic rings. The van der Waals surface area contributed by atoms with Gasteiger partial charge in [-0.05, 0) is 29.8 Å². The van der Waals surface area contributed by atoms with E-state index < -0.39 is 0 Å². The average molecular weight is 314 g/mol. The third-order valence-electron chi connectivity index (χ3n) is 3.05. The van der Waals surface area contributed by atoms with Gasteiger partial charge >= 0.3 is 0 Å². The summed E-state index contributed by atoms with van der Waals surface area (Å²) in [4.78, 5) is 11.8. The number of ether oxygens (including phenoxy) is 2. The molecule has 0 heterocycles. The van der Waals surface area contributed by atoms with Gasteiger partial charge in [0.2, 0.25) is 0 Å². The maximum Gasteiger partial charge on any atom is 0.258 e. The second-order valence-corrected chi connectivity index (χ2v) is 4.67. The van der Waals surface area contributed by atoms with Crippen LogP contribution in [0.5, 0.6) is 11.5 Å². The minimum Gasteiger partial charge on any atom is -0.493 e. The molecule has 2 aromatic carbocycles. The first kappa shape index (κ1) is 16.3. The molecule has 0 fully saturated rings. The first-order valence-corrected chi connectivity index (χ1v) is 6.84. The van der Waals surface area contributed by atoms with Crippen molar-refractivity contribution in [3.8, 4) is 17.6 Å². The minimum atomic E-state index is -0.323. The Morgan fingerprint density at radius 1 is 1.22 bits per heavy atom. The Bertz CT molecular complexity index is 724. The highest BCUT2D eigenvalue weighted by Crippen LogP contribution is 2.27. The summed E-state index contributed by atoms with van der Waals surface area (Å²) >= 11 is 0. The Labute approximate surface area is 133 Å². The molecule has 118 valence electrons. The SMILES string of the molecule is COc1cc(C#N)ccc1OCC(=O)NCc1ccc(F)cc1. The Hall–Kier alpha value is -3.07. The molecule has 23 heavy (non-hydrogen) atoms. The number of benzene rings is 2. The first-order chi connectivity index (χ1) is 11.1. The van der Waals surface area contributed by atoms with E-state index >= 15 is 0 Å². The number of carbonyl (C=O) groups excluding carboxylic acids is 1. The molecule has 0 aromatic heterocycles. The molecular formula is C17H15FN2O3. The fourth-order valence-electron chi connectivity index (χ4n) is 1.85. The van der Waals surface area contributed by atoms with Gasteiger partial charge in [-0.15, -0.1) is 0 Å². The summed E-state index contributed by atoms with van der Waals surface area (Å²) in [7, 11) is 1.46. The van der Waals surface area contributed by atoms with E-state index in [2.05, 4.69) is 5.32 Å². The molecule has 0 unspecified atom stereocenters. The summed E-state index contributed by atoms with van der Waals surface area (Å²) in [6.07, 6.45) is 0. The molecule has 0 atom stereocenters. The molecule has 0 radical (unpaired) electrons. The van der Waals surface area contributed by atoms with E-state index in [1.807, 2.05) is 6.07 Å². The molecule has 0 aliphatic carbocycles. The molecule has 0 saturated heterocycles. The third-order valence-corrected chi connectivity index (χ3v) is 3.05. The van der Waals surface area contributed by atoms with Gasteiger partial charge in [-0.2, -0.15) is 5.26 Å². The Morgan fingerprint density at radius 2 is 1.96 bits per heavy atom. The van der Waals surface area contributed by atoms with E-state index in [1.54, 1.807) is 24.3 Å².